The first-order chi connectivity index (χ1) is 5.97. The van der Waals surface area contributed by atoms with E-state index in [1.165, 1.54) is 13.0 Å². The van der Waals surface area contributed by atoms with Gasteiger partial charge < -0.3 is 5.11 Å². The number of aliphatic hydroxyl groups is 1. The van der Waals surface area contributed by atoms with E-state index in [-0.39, 0.29) is 5.56 Å². The van der Waals surface area contributed by atoms with Crippen molar-refractivity contribution in [1.29, 1.82) is 5.26 Å². The summed E-state index contributed by atoms with van der Waals surface area (Å²) in [7, 11) is 0. The maximum atomic E-state index is 12.7. The minimum Gasteiger partial charge on any atom is -0.372 e. The SMILES string of the molecule is CC(O)(C#N)c1ccc(F)c(F)c1. The van der Waals surface area contributed by atoms with Gasteiger partial charge in [0.25, 0.3) is 0 Å². The summed E-state index contributed by atoms with van der Waals surface area (Å²) in [6.07, 6.45) is 0. The van der Waals surface area contributed by atoms with Crippen molar-refractivity contribution < 1.29 is 13.9 Å². The van der Waals surface area contributed by atoms with E-state index in [2.05, 4.69) is 0 Å². The van der Waals surface area contributed by atoms with Gasteiger partial charge in [0.1, 0.15) is 6.07 Å². The molecule has 0 radical (unpaired) electrons. The Bertz CT molecular complexity index is 368. The lowest BCUT2D eigenvalue weighted by molar-refractivity contribution is 0.119. The van der Waals surface area contributed by atoms with Crippen LogP contribution in [0.1, 0.15) is 12.5 Å². The van der Waals surface area contributed by atoms with Gasteiger partial charge in [0.05, 0.1) is 0 Å². The van der Waals surface area contributed by atoms with Gasteiger partial charge in [0.2, 0.25) is 0 Å². The Hall–Kier alpha value is -1.47. The lowest BCUT2D eigenvalue weighted by atomic mass is 9.98. The highest BCUT2D eigenvalue weighted by Crippen LogP contribution is 2.21. The van der Waals surface area contributed by atoms with E-state index < -0.39 is 17.2 Å². The number of rotatable bonds is 1. The van der Waals surface area contributed by atoms with Crippen LogP contribution in [0.4, 0.5) is 8.78 Å². The quantitative estimate of drug-likeness (QED) is 0.673. The molecular formula is C9H7F2NO. The summed E-state index contributed by atoms with van der Waals surface area (Å²) in [6.45, 7) is 1.21. The van der Waals surface area contributed by atoms with Crippen molar-refractivity contribution in [2.75, 3.05) is 0 Å². The number of halogens is 2. The van der Waals surface area contributed by atoms with Gasteiger partial charge in [-0.2, -0.15) is 5.26 Å². The molecule has 0 aliphatic rings. The highest BCUT2D eigenvalue weighted by Gasteiger charge is 2.23. The second-order valence-electron chi connectivity index (χ2n) is 2.81. The average Bonchev–Trinajstić information content (AvgIpc) is 2.09. The Morgan fingerprint density at radius 1 is 1.38 bits per heavy atom. The molecule has 13 heavy (non-hydrogen) atoms. The van der Waals surface area contributed by atoms with Gasteiger partial charge in [0.15, 0.2) is 17.2 Å². The molecule has 1 atom stereocenters. The van der Waals surface area contributed by atoms with Crippen molar-refractivity contribution in [3.8, 4) is 6.07 Å². The van der Waals surface area contributed by atoms with Crippen molar-refractivity contribution >= 4 is 0 Å². The van der Waals surface area contributed by atoms with E-state index in [0.717, 1.165) is 12.1 Å². The molecule has 1 rings (SSSR count). The first kappa shape index (κ1) is 9.62. The van der Waals surface area contributed by atoms with Crippen molar-refractivity contribution in [2.24, 2.45) is 0 Å². The molecule has 1 aromatic rings. The van der Waals surface area contributed by atoms with Crippen LogP contribution >= 0.6 is 0 Å². The van der Waals surface area contributed by atoms with Crippen LogP contribution in [0.25, 0.3) is 0 Å². The van der Waals surface area contributed by atoms with Crippen LogP contribution in [0.5, 0.6) is 0 Å². The summed E-state index contributed by atoms with van der Waals surface area (Å²) in [5.41, 5.74) is -1.75. The fourth-order valence-corrected chi connectivity index (χ4v) is 0.863. The zero-order valence-corrected chi connectivity index (χ0v) is 6.88. The maximum absolute atomic E-state index is 12.7. The van der Waals surface area contributed by atoms with Crippen molar-refractivity contribution in [1.82, 2.24) is 0 Å². The molecule has 0 saturated heterocycles. The molecule has 0 bridgehead atoms. The van der Waals surface area contributed by atoms with Gasteiger partial charge in [-0.25, -0.2) is 8.78 Å². The smallest absolute Gasteiger partial charge is 0.173 e. The molecule has 0 saturated carbocycles. The topological polar surface area (TPSA) is 44.0 Å². The average molecular weight is 183 g/mol. The van der Waals surface area contributed by atoms with Crippen molar-refractivity contribution in [2.45, 2.75) is 12.5 Å². The third kappa shape index (κ3) is 1.82. The molecule has 0 aromatic heterocycles. The van der Waals surface area contributed by atoms with Crippen LogP contribution in [0.2, 0.25) is 0 Å². The molecular weight excluding hydrogens is 176 g/mol. The predicted octanol–water partition coefficient (Wildman–Crippen LogP) is 1.70. The fourth-order valence-electron chi connectivity index (χ4n) is 0.863. The van der Waals surface area contributed by atoms with Crippen molar-refractivity contribution in [3.05, 3.63) is 35.4 Å². The standard InChI is InChI=1S/C9H7F2NO/c1-9(13,5-12)6-2-3-7(10)8(11)4-6/h2-4,13H,1H3. The monoisotopic (exact) mass is 183 g/mol. The summed E-state index contributed by atoms with van der Waals surface area (Å²) in [5, 5.41) is 17.9. The van der Waals surface area contributed by atoms with Crippen LogP contribution in [0.3, 0.4) is 0 Å². The molecule has 0 amide bonds. The normalized spacial score (nSPS) is 14.7. The minimum absolute atomic E-state index is 0.0360. The largest absolute Gasteiger partial charge is 0.372 e. The summed E-state index contributed by atoms with van der Waals surface area (Å²) < 4.78 is 25.1. The second kappa shape index (κ2) is 3.11. The van der Waals surface area contributed by atoms with E-state index >= 15 is 0 Å². The molecule has 0 spiro atoms. The van der Waals surface area contributed by atoms with E-state index in [1.807, 2.05) is 0 Å². The highest BCUT2D eigenvalue weighted by atomic mass is 19.2. The van der Waals surface area contributed by atoms with Crippen LogP contribution in [0.15, 0.2) is 18.2 Å². The van der Waals surface area contributed by atoms with Crippen LogP contribution in [-0.2, 0) is 5.60 Å². The molecule has 1 unspecified atom stereocenters. The van der Waals surface area contributed by atoms with Gasteiger partial charge in [0, 0.05) is 5.56 Å². The van der Waals surface area contributed by atoms with E-state index in [1.54, 1.807) is 6.07 Å². The Morgan fingerprint density at radius 2 is 2.00 bits per heavy atom. The Balaban J connectivity index is 3.20. The first-order valence-electron chi connectivity index (χ1n) is 3.56. The third-order valence-corrected chi connectivity index (χ3v) is 1.70. The Kier molecular flexibility index (Phi) is 2.30. The fraction of sp³-hybridized carbons (Fsp3) is 0.222. The molecule has 2 nitrogen and oxygen atoms in total. The highest BCUT2D eigenvalue weighted by molar-refractivity contribution is 5.28. The zero-order chi connectivity index (χ0) is 10.1. The molecule has 68 valence electrons. The zero-order valence-electron chi connectivity index (χ0n) is 6.88. The summed E-state index contributed by atoms with van der Waals surface area (Å²) in [4.78, 5) is 0. The van der Waals surface area contributed by atoms with Gasteiger partial charge in [-0.1, -0.05) is 6.07 Å². The second-order valence-corrected chi connectivity index (χ2v) is 2.81. The van der Waals surface area contributed by atoms with E-state index in [4.69, 9.17) is 5.26 Å². The van der Waals surface area contributed by atoms with Gasteiger partial charge in [-0.15, -0.1) is 0 Å². The predicted molar refractivity (Wildman–Crippen MR) is 41.5 cm³/mol. The number of benzene rings is 1. The third-order valence-electron chi connectivity index (χ3n) is 1.70. The van der Waals surface area contributed by atoms with E-state index in [9.17, 15) is 13.9 Å². The van der Waals surface area contributed by atoms with Crippen molar-refractivity contribution in [3.63, 3.8) is 0 Å². The van der Waals surface area contributed by atoms with Gasteiger partial charge in [-0.3, -0.25) is 0 Å². The molecule has 0 heterocycles. The van der Waals surface area contributed by atoms with Gasteiger partial charge >= 0.3 is 0 Å². The van der Waals surface area contributed by atoms with E-state index in [0.29, 0.717) is 0 Å². The number of hydrogen-bond donors (Lipinski definition) is 1. The molecule has 4 heteroatoms. The molecule has 0 fully saturated rings. The Labute approximate surface area is 74.0 Å². The molecule has 1 aromatic carbocycles. The Morgan fingerprint density at radius 3 is 2.46 bits per heavy atom. The summed E-state index contributed by atoms with van der Waals surface area (Å²) in [5.74, 6) is -2.08. The maximum Gasteiger partial charge on any atom is 0.173 e. The number of nitrogens with zero attached hydrogens (tertiary/aromatic N) is 1. The lowest BCUT2D eigenvalue weighted by Crippen LogP contribution is -2.18. The number of nitriles is 1. The van der Waals surface area contributed by atoms with Crippen LogP contribution in [-0.4, -0.2) is 5.11 Å². The van der Waals surface area contributed by atoms with Crippen LogP contribution in [0, 0.1) is 23.0 Å². The lowest BCUT2D eigenvalue weighted by Gasteiger charge is -2.14. The summed E-state index contributed by atoms with van der Waals surface area (Å²) >= 11 is 0. The van der Waals surface area contributed by atoms with Crippen LogP contribution < -0.4 is 0 Å². The van der Waals surface area contributed by atoms with Gasteiger partial charge in [-0.05, 0) is 19.1 Å². The first-order valence-corrected chi connectivity index (χ1v) is 3.56. The summed E-state index contributed by atoms with van der Waals surface area (Å²) in [6, 6.07) is 4.41. The molecule has 1 N–H and O–H groups in total. The number of hydrogen-bond acceptors (Lipinski definition) is 2. The molecule has 0 aliphatic carbocycles. The molecule has 0 aliphatic heterocycles. The minimum atomic E-state index is -1.78.